The maximum absolute atomic E-state index is 6.19. The quantitative estimate of drug-likeness (QED) is 0.157. The maximum atomic E-state index is 6.19. The molecule has 0 unspecified atom stereocenters. The second kappa shape index (κ2) is 17.5. The van der Waals surface area contributed by atoms with Crippen LogP contribution in [0.15, 0.2) is 150 Å². The van der Waals surface area contributed by atoms with Gasteiger partial charge in [0.2, 0.25) is 0 Å². The van der Waals surface area contributed by atoms with Gasteiger partial charge in [0, 0.05) is 22.0 Å². The molecule has 0 radical (unpaired) electrons. The van der Waals surface area contributed by atoms with Gasteiger partial charge in [-0.05, 0) is 160 Å². The number of para-hydroxylation sites is 8. The van der Waals surface area contributed by atoms with E-state index in [4.69, 9.17) is 32.7 Å². The first-order valence-electron chi connectivity index (χ1n) is 21.5. The van der Waals surface area contributed by atoms with Crippen LogP contribution >= 0.6 is 15.9 Å². The Morgan fingerprint density at radius 3 is 1.11 bits per heavy atom. The highest BCUT2D eigenvalue weighted by Gasteiger charge is 2.53. The topological polar surface area (TPSA) is 71.1 Å². The van der Waals surface area contributed by atoms with Gasteiger partial charge in [-0.3, -0.25) is 0 Å². The SMILES string of the molecule is Brc1ccc(N2c3ccccc3Oc3ccccc32)cc1.CC(C)OB1OC(C)(C)C(C)(C)O1.CC1(C)OB(c2ccc(N3c4ccccc4Oc4ccccc43)cc2)OC1(C)C. The van der Waals surface area contributed by atoms with Crippen molar-refractivity contribution < 1.29 is 32.7 Å². The van der Waals surface area contributed by atoms with Crippen LogP contribution in [0.2, 0.25) is 0 Å². The normalized spacial score (nSPS) is 18.0. The highest BCUT2D eigenvalue weighted by molar-refractivity contribution is 9.10. The Morgan fingerprint density at radius 1 is 0.444 bits per heavy atom. The molecule has 0 bridgehead atoms. The van der Waals surface area contributed by atoms with Crippen LogP contribution in [0.4, 0.5) is 34.1 Å². The van der Waals surface area contributed by atoms with Gasteiger partial charge in [0.1, 0.15) is 0 Å². The summed E-state index contributed by atoms with van der Waals surface area (Å²) >= 11 is 3.49. The van der Waals surface area contributed by atoms with Gasteiger partial charge >= 0.3 is 14.4 Å². The fourth-order valence-corrected chi connectivity index (χ4v) is 7.65. The van der Waals surface area contributed by atoms with E-state index in [2.05, 4.69) is 126 Å². The van der Waals surface area contributed by atoms with Crippen molar-refractivity contribution in [1.29, 1.82) is 0 Å². The van der Waals surface area contributed by atoms with E-state index < -0.39 is 7.32 Å². The summed E-state index contributed by atoms with van der Waals surface area (Å²) in [5.74, 6) is 3.45. The van der Waals surface area contributed by atoms with Crippen molar-refractivity contribution >= 4 is 70.0 Å². The van der Waals surface area contributed by atoms with Gasteiger partial charge in [0.25, 0.3) is 0 Å². The smallest absolute Gasteiger partial charge is 0.453 e. The lowest BCUT2D eigenvalue weighted by Gasteiger charge is -2.32. The average Bonchev–Trinajstić information content (AvgIpc) is 3.60. The Balaban J connectivity index is 0.000000140. The van der Waals surface area contributed by atoms with E-state index in [0.29, 0.717) is 0 Å². The number of hydrogen-bond donors (Lipinski definition) is 0. The van der Waals surface area contributed by atoms with Crippen molar-refractivity contribution in [2.75, 3.05) is 9.80 Å². The minimum absolute atomic E-state index is 0.120. The van der Waals surface area contributed by atoms with E-state index >= 15 is 0 Å². The Kier molecular flexibility index (Phi) is 12.4. The van der Waals surface area contributed by atoms with Gasteiger partial charge in [-0.25, -0.2) is 0 Å². The highest BCUT2D eigenvalue weighted by atomic mass is 79.9. The molecule has 0 atom stereocenters. The van der Waals surface area contributed by atoms with Crippen LogP contribution < -0.4 is 24.7 Å². The highest BCUT2D eigenvalue weighted by Crippen LogP contribution is 2.51. The van der Waals surface area contributed by atoms with Gasteiger partial charge in [0.15, 0.2) is 23.0 Å². The monoisotopic (exact) mass is 908 g/mol. The summed E-state index contributed by atoms with van der Waals surface area (Å²) in [6.45, 7) is 20.3. The average molecular weight is 910 g/mol. The molecule has 0 aliphatic carbocycles. The zero-order valence-corrected chi connectivity index (χ0v) is 39.3. The molecule has 12 heteroatoms. The van der Waals surface area contributed by atoms with Crippen molar-refractivity contribution in [3.63, 3.8) is 0 Å². The summed E-state index contributed by atoms with van der Waals surface area (Å²) in [7, 11) is -0.886. The minimum atomic E-state index is -0.523. The lowest BCUT2D eigenvalue weighted by molar-refractivity contribution is 0.00578. The zero-order chi connectivity index (χ0) is 44.7. The molecule has 6 aromatic rings. The third kappa shape index (κ3) is 9.16. The van der Waals surface area contributed by atoms with E-state index in [1.165, 1.54) is 0 Å². The molecule has 4 aliphatic rings. The zero-order valence-electron chi connectivity index (χ0n) is 37.7. The molecular formula is C51H55B2BrN2O7. The van der Waals surface area contributed by atoms with Crippen LogP contribution in [0.25, 0.3) is 0 Å². The van der Waals surface area contributed by atoms with Crippen molar-refractivity contribution in [2.24, 2.45) is 0 Å². The molecule has 2 fully saturated rings. The van der Waals surface area contributed by atoms with E-state index in [1.54, 1.807) is 0 Å². The Labute approximate surface area is 381 Å². The number of fused-ring (bicyclic) bond motifs is 4. The largest absolute Gasteiger partial charge is 0.640 e. The molecule has 0 N–H and O–H groups in total. The second-order valence-corrected chi connectivity index (χ2v) is 19.0. The molecule has 0 aromatic heterocycles. The number of anilines is 6. The predicted molar refractivity (Wildman–Crippen MR) is 258 cm³/mol. The van der Waals surface area contributed by atoms with E-state index in [0.717, 1.165) is 67.1 Å². The molecule has 9 nitrogen and oxygen atoms in total. The lowest BCUT2D eigenvalue weighted by Crippen LogP contribution is -2.41. The number of hydrogen-bond acceptors (Lipinski definition) is 9. The minimum Gasteiger partial charge on any atom is -0.453 e. The Morgan fingerprint density at radius 2 is 0.762 bits per heavy atom. The molecule has 0 saturated carbocycles. The van der Waals surface area contributed by atoms with Crippen LogP contribution in [0.3, 0.4) is 0 Å². The van der Waals surface area contributed by atoms with E-state index in [9.17, 15) is 0 Å². The first-order chi connectivity index (χ1) is 29.9. The third-order valence-corrected chi connectivity index (χ3v) is 12.8. The summed E-state index contributed by atoms with van der Waals surface area (Å²) in [4.78, 5) is 4.45. The van der Waals surface area contributed by atoms with Gasteiger partial charge in [-0.2, -0.15) is 0 Å². The molecule has 0 spiro atoms. The molecule has 63 heavy (non-hydrogen) atoms. The van der Waals surface area contributed by atoms with Crippen molar-refractivity contribution in [2.45, 2.75) is 97.7 Å². The first-order valence-corrected chi connectivity index (χ1v) is 22.3. The van der Waals surface area contributed by atoms with Crippen molar-refractivity contribution in [3.05, 3.63) is 150 Å². The molecule has 2 saturated heterocycles. The number of nitrogens with zero attached hydrogens (tertiary/aromatic N) is 2. The Bertz CT molecular complexity index is 2430. The number of rotatable bonds is 5. The van der Waals surface area contributed by atoms with Crippen LogP contribution in [-0.2, 0) is 23.3 Å². The molecule has 0 amide bonds. The van der Waals surface area contributed by atoms with Gasteiger partial charge in [-0.1, -0.05) is 76.6 Å². The van der Waals surface area contributed by atoms with Crippen LogP contribution in [0.1, 0.15) is 69.2 Å². The summed E-state index contributed by atoms with van der Waals surface area (Å²) in [5.41, 5.74) is 6.05. The lowest BCUT2D eigenvalue weighted by atomic mass is 9.79. The molecule has 4 heterocycles. The summed E-state index contributed by atoms with van der Waals surface area (Å²) in [5, 5.41) is 0. The van der Waals surface area contributed by atoms with E-state index in [1.807, 2.05) is 114 Å². The number of halogens is 1. The van der Waals surface area contributed by atoms with Gasteiger partial charge in [0.05, 0.1) is 45.2 Å². The standard InChI is InChI=1S/C24H24BNO3.C18H12BrNO.C9H19BO3/c1-23(2)24(3,4)29-25(28-23)17-13-15-18(16-14-17)26-19-9-5-7-11-21(19)27-22-12-8-6-10-20(22)26;19-13-9-11-14(12-10-13)20-15-5-1-3-7-17(15)21-18-8-4-2-6-16(18)20;1-7(2)11-10-12-8(3,4)9(5,6)13-10/h5-16H,1-4H3;1-12H;7H,1-6H3. The second-order valence-electron chi connectivity index (χ2n) is 18.1. The van der Waals surface area contributed by atoms with Gasteiger partial charge < -0.3 is 42.5 Å². The molecule has 324 valence electrons. The molecule has 6 aromatic carbocycles. The van der Waals surface area contributed by atoms with E-state index in [-0.39, 0.29) is 35.6 Å². The summed E-state index contributed by atoms with van der Waals surface area (Å²) in [6.07, 6.45) is 0.120. The maximum Gasteiger partial charge on any atom is 0.640 e. The van der Waals surface area contributed by atoms with Crippen LogP contribution in [0.5, 0.6) is 23.0 Å². The summed E-state index contributed by atoms with van der Waals surface area (Å²) < 4.78 is 42.3. The molecule has 10 rings (SSSR count). The van der Waals surface area contributed by atoms with Gasteiger partial charge in [-0.15, -0.1) is 0 Å². The number of ether oxygens (including phenoxy) is 2. The van der Waals surface area contributed by atoms with Crippen molar-refractivity contribution in [1.82, 2.24) is 0 Å². The van der Waals surface area contributed by atoms with Crippen LogP contribution in [0, 0.1) is 0 Å². The fourth-order valence-electron chi connectivity index (χ4n) is 7.38. The fraction of sp³-hybridized carbons (Fsp3) is 0.294. The predicted octanol–water partition coefficient (Wildman–Crippen LogP) is 13.6. The summed E-state index contributed by atoms with van der Waals surface area (Å²) in [6, 6.07) is 49.1. The molecule has 4 aliphatic heterocycles. The van der Waals surface area contributed by atoms with Crippen molar-refractivity contribution in [3.8, 4) is 23.0 Å². The number of benzene rings is 6. The third-order valence-electron chi connectivity index (χ3n) is 12.2. The Hall–Kier alpha value is -5.07. The first kappa shape index (κ1) is 44.5. The molecular weight excluding hydrogens is 854 g/mol. The van der Waals surface area contributed by atoms with Crippen LogP contribution in [-0.4, -0.2) is 42.9 Å².